The van der Waals surface area contributed by atoms with E-state index in [2.05, 4.69) is 27.4 Å². The average molecular weight is 465 g/mol. The van der Waals surface area contributed by atoms with E-state index in [-0.39, 0.29) is 29.5 Å². The second-order valence-corrected chi connectivity index (χ2v) is 10.0. The van der Waals surface area contributed by atoms with Gasteiger partial charge in [-0.15, -0.1) is 0 Å². The van der Waals surface area contributed by atoms with Crippen LogP contribution in [0.3, 0.4) is 0 Å². The van der Waals surface area contributed by atoms with E-state index in [1.165, 1.54) is 0 Å². The molecule has 0 aliphatic heterocycles. The number of hydrogen-bond donors (Lipinski definition) is 3. The summed E-state index contributed by atoms with van der Waals surface area (Å²) >= 11 is 0. The number of fused-ring (bicyclic) bond motifs is 2. The van der Waals surface area contributed by atoms with Crippen LogP contribution in [0.5, 0.6) is 0 Å². The molecular weight excluding hydrogens is 432 g/mol. The minimum atomic E-state index is -0.331. The fourth-order valence-electron chi connectivity index (χ4n) is 4.40. The van der Waals surface area contributed by atoms with Crippen molar-refractivity contribution in [1.29, 1.82) is 0 Å². The fraction of sp³-hybridized carbons (Fsp3) is 0.423. The number of nitrogens with zero attached hydrogens (tertiary/aromatic N) is 1. The van der Waals surface area contributed by atoms with Gasteiger partial charge in [-0.25, -0.2) is 10.9 Å². The SMILES string of the molecule is Cc1cc(C)c2c(CC(=O)N/N=C3\CCCc4oc(C(=O)NNC(C)(C)C)c(C)c43)coc2c1. The quantitative estimate of drug-likeness (QED) is 0.486. The van der Waals surface area contributed by atoms with Gasteiger partial charge in [-0.05, 0) is 71.6 Å². The smallest absolute Gasteiger partial charge is 0.301 e. The third-order valence-corrected chi connectivity index (χ3v) is 5.84. The Bertz CT molecular complexity index is 1290. The monoisotopic (exact) mass is 464 g/mol. The molecule has 180 valence electrons. The van der Waals surface area contributed by atoms with Gasteiger partial charge in [0.15, 0.2) is 5.76 Å². The molecule has 8 nitrogen and oxygen atoms in total. The van der Waals surface area contributed by atoms with Crippen molar-refractivity contribution in [3.63, 3.8) is 0 Å². The molecule has 2 heterocycles. The number of carbonyl (C=O) groups excluding carboxylic acids is 2. The van der Waals surface area contributed by atoms with Gasteiger partial charge in [0, 0.05) is 34.0 Å². The predicted molar refractivity (Wildman–Crippen MR) is 131 cm³/mol. The molecule has 3 N–H and O–H groups in total. The molecule has 4 rings (SSSR count). The zero-order valence-corrected chi connectivity index (χ0v) is 20.6. The highest BCUT2D eigenvalue weighted by Gasteiger charge is 2.28. The average Bonchev–Trinajstić information content (AvgIpc) is 3.31. The first-order chi connectivity index (χ1) is 16.0. The van der Waals surface area contributed by atoms with E-state index >= 15 is 0 Å². The summed E-state index contributed by atoms with van der Waals surface area (Å²) in [5.41, 5.74) is 14.2. The molecule has 8 heteroatoms. The lowest BCUT2D eigenvalue weighted by molar-refractivity contribution is -0.120. The first-order valence-electron chi connectivity index (χ1n) is 11.6. The van der Waals surface area contributed by atoms with Gasteiger partial charge in [0.25, 0.3) is 0 Å². The summed E-state index contributed by atoms with van der Waals surface area (Å²) in [4.78, 5) is 25.4. The zero-order valence-electron chi connectivity index (χ0n) is 20.6. The Morgan fingerprint density at radius 1 is 1.12 bits per heavy atom. The Kier molecular flexibility index (Phi) is 6.36. The summed E-state index contributed by atoms with van der Waals surface area (Å²) in [6.45, 7) is 11.7. The largest absolute Gasteiger partial charge is 0.464 e. The standard InChI is InChI=1S/C26H32N4O4/c1-14-10-15(2)22-17(13-33-20(22)11-14)12-21(31)28-27-18-8-7-9-19-23(18)16(3)24(34-19)25(32)29-30-26(4,5)6/h10-11,13,30H,7-9,12H2,1-6H3,(H,28,31)(H,29,32)/b27-18+. The number of aryl methyl sites for hydroxylation is 3. The fourth-order valence-corrected chi connectivity index (χ4v) is 4.40. The van der Waals surface area contributed by atoms with Gasteiger partial charge in [0.2, 0.25) is 5.91 Å². The first-order valence-corrected chi connectivity index (χ1v) is 11.6. The molecule has 0 saturated carbocycles. The molecule has 0 spiro atoms. The maximum atomic E-state index is 12.7. The van der Waals surface area contributed by atoms with Crippen LogP contribution in [0, 0.1) is 20.8 Å². The summed E-state index contributed by atoms with van der Waals surface area (Å²) < 4.78 is 11.6. The number of hydrazine groups is 1. The van der Waals surface area contributed by atoms with E-state index in [1.807, 2.05) is 47.6 Å². The van der Waals surface area contributed by atoms with Crippen LogP contribution in [-0.4, -0.2) is 23.1 Å². The van der Waals surface area contributed by atoms with Crippen LogP contribution in [0.15, 0.2) is 32.3 Å². The number of rotatable bonds is 5. The van der Waals surface area contributed by atoms with E-state index < -0.39 is 0 Å². The third-order valence-electron chi connectivity index (χ3n) is 5.84. The Balaban J connectivity index is 1.50. The van der Waals surface area contributed by atoms with Crippen LogP contribution >= 0.6 is 0 Å². The molecule has 0 saturated heterocycles. The van der Waals surface area contributed by atoms with Crippen molar-refractivity contribution in [3.05, 3.63) is 57.7 Å². The number of amides is 2. The number of furan rings is 2. The van der Waals surface area contributed by atoms with E-state index in [1.54, 1.807) is 6.26 Å². The highest BCUT2D eigenvalue weighted by Crippen LogP contribution is 2.30. The highest BCUT2D eigenvalue weighted by atomic mass is 16.4. The molecule has 0 radical (unpaired) electrons. The number of nitrogens with one attached hydrogen (secondary N) is 3. The van der Waals surface area contributed by atoms with Gasteiger partial charge in [0.05, 0.1) is 18.4 Å². The van der Waals surface area contributed by atoms with Gasteiger partial charge in [-0.3, -0.25) is 15.0 Å². The number of carbonyl (C=O) groups is 2. The molecule has 1 aromatic carbocycles. The van der Waals surface area contributed by atoms with Crippen LogP contribution < -0.4 is 16.3 Å². The van der Waals surface area contributed by atoms with E-state index in [4.69, 9.17) is 8.83 Å². The molecule has 0 unspecified atom stereocenters. The molecule has 0 fully saturated rings. The summed E-state index contributed by atoms with van der Waals surface area (Å²) in [6, 6.07) is 4.05. The van der Waals surface area contributed by atoms with Crippen LogP contribution in [0.25, 0.3) is 11.0 Å². The molecule has 34 heavy (non-hydrogen) atoms. The maximum Gasteiger partial charge on any atom is 0.301 e. The van der Waals surface area contributed by atoms with Gasteiger partial charge in [0.1, 0.15) is 11.3 Å². The van der Waals surface area contributed by atoms with E-state index in [9.17, 15) is 9.59 Å². The zero-order chi connectivity index (χ0) is 24.6. The second kappa shape index (κ2) is 9.10. The van der Waals surface area contributed by atoms with Crippen molar-refractivity contribution in [2.75, 3.05) is 0 Å². The Hall–Kier alpha value is -3.39. The summed E-state index contributed by atoms with van der Waals surface area (Å²) in [6.07, 6.45) is 4.06. The summed E-state index contributed by atoms with van der Waals surface area (Å²) in [5.74, 6) is 0.432. The third kappa shape index (κ3) is 4.92. The second-order valence-electron chi connectivity index (χ2n) is 10.0. The van der Waals surface area contributed by atoms with E-state index in [0.717, 1.165) is 63.1 Å². The topological polar surface area (TPSA) is 109 Å². The molecule has 1 aliphatic carbocycles. The molecule has 0 atom stereocenters. The van der Waals surface area contributed by atoms with Crippen molar-refractivity contribution in [1.82, 2.24) is 16.3 Å². The predicted octanol–water partition coefficient (Wildman–Crippen LogP) is 4.38. The van der Waals surface area contributed by atoms with Crippen LogP contribution in [0.2, 0.25) is 0 Å². The summed E-state index contributed by atoms with van der Waals surface area (Å²) in [7, 11) is 0. The number of hydrogen-bond acceptors (Lipinski definition) is 6. The maximum absolute atomic E-state index is 12.7. The van der Waals surface area contributed by atoms with E-state index in [0.29, 0.717) is 6.42 Å². The molecular formula is C26H32N4O4. The van der Waals surface area contributed by atoms with Crippen molar-refractivity contribution < 1.29 is 18.4 Å². The lowest BCUT2D eigenvalue weighted by Gasteiger charge is -2.20. The lowest BCUT2D eigenvalue weighted by atomic mass is 9.93. The van der Waals surface area contributed by atoms with Gasteiger partial charge >= 0.3 is 5.91 Å². The Labute approximate surface area is 199 Å². The van der Waals surface area contributed by atoms with Gasteiger partial charge in [-0.2, -0.15) is 5.10 Å². The van der Waals surface area contributed by atoms with Crippen molar-refractivity contribution in [2.24, 2.45) is 5.10 Å². The van der Waals surface area contributed by atoms with Crippen molar-refractivity contribution >= 4 is 28.5 Å². The molecule has 1 aliphatic rings. The molecule has 2 aromatic heterocycles. The minimum absolute atomic E-state index is 0.164. The molecule has 2 amide bonds. The molecule has 0 bridgehead atoms. The van der Waals surface area contributed by atoms with Crippen LogP contribution in [0.4, 0.5) is 0 Å². The minimum Gasteiger partial charge on any atom is -0.464 e. The number of benzene rings is 1. The van der Waals surface area contributed by atoms with Gasteiger partial charge in [-0.1, -0.05) is 6.07 Å². The van der Waals surface area contributed by atoms with Gasteiger partial charge < -0.3 is 8.83 Å². The van der Waals surface area contributed by atoms with Crippen LogP contribution in [-0.2, 0) is 17.6 Å². The van der Waals surface area contributed by atoms with Crippen molar-refractivity contribution in [2.45, 2.75) is 72.8 Å². The highest BCUT2D eigenvalue weighted by molar-refractivity contribution is 6.06. The first kappa shape index (κ1) is 23.8. The van der Waals surface area contributed by atoms with Crippen molar-refractivity contribution in [3.8, 4) is 0 Å². The summed E-state index contributed by atoms with van der Waals surface area (Å²) in [5, 5.41) is 5.39. The normalized spacial score (nSPS) is 14.9. The molecule has 3 aromatic rings. The number of hydrazone groups is 1. The lowest BCUT2D eigenvalue weighted by Crippen LogP contribution is -2.48. The Morgan fingerprint density at radius 2 is 1.88 bits per heavy atom. The van der Waals surface area contributed by atoms with Crippen LogP contribution in [0.1, 0.15) is 77.7 Å². The Morgan fingerprint density at radius 3 is 2.62 bits per heavy atom.